The fourth-order valence-electron chi connectivity index (χ4n) is 3.58. The van der Waals surface area contributed by atoms with Crippen molar-refractivity contribution in [2.45, 2.75) is 44.5 Å². The monoisotopic (exact) mass is 463 g/mol. The third kappa shape index (κ3) is 5.81. The number of hydrogen-bond donors (Lipinski definition) is 3. The van der Waals surface area contributed by atoms with E-state index in [-0.39, 0.29) is 17.7 Å². The molecule has 1 heterocycles. The first-order valence-electron chi connectivity index (χ1n) is 10.5. The number of nitrogens with one attached hydrogen (secondary N) is 1. The van der Waals surface area contributed by atoms with Crippen molar-refractivity contribution in [3.63, 3.8) is 0 Å². The van der Waals surface area contributed by atoms with Gasteiger partial charge in [-0.05, 0) is 56.9 Å². The normalized spacial score (nSPS) is 18.8. The molecule has 7 nitrogen and oxygen atoms in total. The number of carbonyl (C=O) groups excluding carboxylic acids is 1. The molecule has 1 saturated carbocycles. The van der Waals surface area contributed by atoms with Crippen LogP contribution in [0.25, 0.3) is 0 Å². The summed E-state index contributed by atoms with van der Waals surface area (Å²) < 4.78 is 38.9. The summed E-state index contributed by atoms with van der Waals surface area (Å²) in [5, 5.41) is 12.7. The second kappa shape index (κ2) is 9.01. The maximum Gasteiger partial charge on any atom is 0.433 e. The molecule has 10 heteroatoms. The fourth-order valence-corrected chi connectivity index (χ4v) is 3.58. The van der Waals surface area contributed by atoms with Gasteiger partial charge in [-0.25, -0.2) is 4.98 Å². The zero-order valence-corrected chi connectivity index (χ0v) is 18.9. The van der Waals surface area contributed by atoms with Crippen LogP contribution in [0.15, 0.2) is 35.3 Å². The molecule has 178 valence electrons. The van der Waals surface area contributed by atoms with Crippen LogP contribution in [0.4, 0.5) is 30.2 Å². The van der Waals surface area contributed by atoms with Crippen molar-refractivity contribution in [3.8, 4) is 0 Å². The van der Waals surface area contributed by atoms with Crippen molar-refractivity contribution in [2.75, 3.05) is 30.0 Å². The molecule has 3 rings (SSSR count). The van der Waals surface area contributed by atoms with Crippen molar-refractivity contribution in [1.82, 2.24) is 4.98 Å². The number of halogens is 3. The van der Waals surface area contributed by atoms with Gasteiger partial charge >= 0.3 is 6.18 Å². The van der Waals surface area contributed by atoms with Crippen LogP contribution in [0.2, 0.25) is 0 Å². The van der Waals surface area contributed by atoms with E-state index in [1.807, 2.05) is 0 Å². The van der Waals surface area contributed by atoms with Crippen LogP contribution in [-0.4, -0.2) is 48.0 Å². The Morgan fingerprint density at radius 3 is 2.52 bits per heavy atom. The van der Waals surface area contributed by atoms with Gasteiger partial charge in [-0.2, -0.15) is 13.2 Å². The first-order valence-corrected chi connectivity index (χ1v) is 10.5. The van der Waals surface area contributed by atoms with E-state index in [1.54, 1.807) is 51.2 Å². The first-order chi connectivity index (χ1) is 15.3. The number of rotatable bonds is 6. The molecule has 1 fully saturated rings. The van der Waals surface area contributed by atoms with E-state index in [4.69, 9.17) is 5.73 Å². The number of benzene rings is 1. The summed E-state index contributed by atoms with van der Waals surface area (Å²) >= 11 is 0. The lowest BCUT2D eigenvalue weighted by Gasteiger charge is -2.40. The summed E-state index contributed by atoms with van der Waals surface area (Å²) in [7, 11) is 3.51. The van der Waals surface area contributed by atoms with E-state index in [0.717, 1.165) is 25.0 Å². The molecule has 0 bridgehead atoms. The highest BCUT2D eigenvalue weighted by atomic mass is 19.4. The minimum atomic E-state index is -4.65. The number of hydrogen-bond acceptors (Lipinski definition) is 6. The maximum atomic E-state index is 13.0. The Kier molecular flexibility index (Phi) is 6.69. The lowest BCUT2D eigenvalue weighted by Crippen LogP contribution is -2.42. The lowest BCUT2D eigenvalue weighted by atomic mass is 9.71. The molecular formula is C23H28F3N5O2. The third-order valence-corrected chi connectivity index (χ3v) is 5.74. The van der Waals surface area contributed by atoms with Gasteiger partial charge < -0.3 is 21.1 Å². The van der Waals surface area contributed by atoms with Gasteiger partial charge in [0.1, 0.15) is 11.4 Å². The Morgan fingerprint density at radius 2 is 1.94 bits per heavy atom. The smallest absolute Gasteiger partial charge is 0.398 e. The molecule has 0 atom stereocenters. The highest BCUT2D eigenvalue weighted by Gasteiger charge is 2.38. The zero-order chi connectivity index (χ0) is 24.6. The number of alkyl halides is 3. The van der Waals surface area contributed by atoms with Crippen LogP contribution >= 0.6 is 0 Å². The number of pyridine rings is 1. The van der Waals surface area contributed by atoms with Gasteiger partial charge in [-0.1, -0.05) is 6.07 Å². The molecule has 4 N–H and O–H groups in total. The molecule has 0 spiro atoms. The Hall–Kier alpha value is -3.14. The number of carbonyl (C=O) groups is 1. The molecule has 0 saturated heterocycles. The molecule has 1 aliphatic rings. The molecule has 0 aliphatic heterocycles. The standard InChI is InChI=1S/C23H28F3N5O2/c1-22(2,33)14-9-15(10-14)28-12-13-8-18(19(31(3)4)11-16(13)27)30-21(32)17-6-5-7-20(29-17)23(24,25)26/h5-8,11-12,14-15,33H,9-10,27H2,1-4H3,(H,30,32). The van der Waals surface area contributed by atoms with Crippen LogP contribution < -0.4 is 16.0 Å². The minimum absolute atomic E-state index is 0.0710. The van der Waals surface area contributed by atoms with Crippen molar-refractivity contribution in [1.29, 1.82) is 0 Å². The predicted octanol–water partition coefficient (Wildman–Crippen LogP) is 3.97. The number of amides is 1. The SMILES string of the molecule is CN(C)c1cc(N)c(C=NC2CC(C(C)(C)O)C2)cc1NC(=O)c1cccc(C(F)(F)F)n1. The Balaban J connectivity index is 1.83. The van der Waals surface area contributed by atoms with Crippen molar-refractivity contribution in [2.24, 2.45) is 10.9 Å². The third-order valence-electron chi connectivity index (χ3n) is 5.74. The summed E-state index contributed by atoms with van der Waals surface area (Å²) in [5.74, 6) is -0.591. The van der Waals surface area contributed by atoms with Crippen molar-refractivity contribution >= 4 is 29.2 Å². The fraction of sp³-hybridized carbons (Fsp3) is 0.435. The summed E-state index contributed by atoms with van der Waals surface area (Å²) in [6.45, 7) is 3.56. The number of nitrogen functional groups attached to an aromatic ring is 1. The molecule has 2 aromatic rings. The highest BCUT2D eigenvalue weighted by molar-refractivity contribution is 6.06. The number of aromatic nitrogens is 1. The molecule has 1 aromatic carbocycles. The summed E-state index contributed by atoms with van der Waals surface area (Å²) in [6, 6.07) is 6.53. The molecule has 1 aromatic heterocycles. The van der Waals surface area contributed by atoms with Gasteiger partial charge in [-0.3, -0.25) is 9.79 Å². The Morgan fingerprint density at radius 1 is 1.27 bits per heavy atom. The van der Waals surface area contributed by atoms with Crippen LogP contribution in [-0.2, 0) is 6.18 Å². The molecule has 0 radical (unpaired) electrons. The summed E-state index contributed by atoms with van der Waals surface area (Å²) in [5.41, 5.74) is 5.89. The van der Waals surface area contributed by atoms with Gasteiger partial charge in [0.25, 0.3) is 5.91 Å². The van der Waals surface area contributed by atoms with Gasteiger partial charge in [0.2, 0.25) is 0 Å². The van der Waals surface area contributed by atoms with Crippen molar-refractivity contribution < 1.29 is 23.1 Å². The largest absolute Gasteiger partial charge is 0.433 e. The lowest BCUT2D eigenvalue weighted by molar-refractivity contribution is -0.141. The molecule has 1 amide bonds. The molecule has 33 heavy (non-hydrogen) atoms. The van der Waals surface area contributed by atoms with Gasteiger partial charge in [0.05, 0.1) is 23.0 Å². The van der Waals surface area contributed by atoms with Crippen LogP contribution in [0.5, 0.6) is 0 Å². The van der Waals surface area contributed by atoms with Gasteiger partial charge in [0, 0.05) is 31.6 Å². The topological polar surface area (TPSA) is 104 Å². The zero-order valence-electron chi connectivity index (χ0n) is 18.9. The number of nitrogens with two attached hydrogens (primary N) is 1. The van der Waals surface area contributed by atoms with E-state index in [2.05, 4.69) is 15.3 Å². The number of nitrogens with zero attached hydrogens (tertiary/aromatic N) is 3. The number of anilines is 3. The van der Waals surface area contributed by atoms with Gasteiger partial charge in [-0.15, -0.1) is 0 Å². The second-order valence-electron chi connectivity index (χ2n) is 9.01. The minimum Gasteiger partial charge on any atom is -0.398 e. The molecule has 1 aliphatic carbocycles. The van der Waals surface area contributed by atoms with E-state index in [0.29, 0.717) is 22.6 Å². The maximum absolute atomic E-state index is 13.0. The second-order valence-corrected chi connectivity index (χ2v) is 9.01. The molecule has 0 unspecified atom stereocenters. The van der Waals surface area contributed by atoms with E-state index in [1.165, 1.54) is 6.07 Å². The quantitative estimate of drug-likeness (QED) is 0.444. The average Bonchev–Trinajstić information content (AvgIpc) is 2.66. The molecular weight excluding hydrogens is 435 g/mol. The average molecular weight is 464 g/mol. The Labute approximate surface area is 190 Å². The summed E-state index contributed by atoms with van der Waals surface area (Å²) in [6.07, 6.45) is -1.50. The van der Waals surface area contributed by atoms with Gasteiger partial charge in [0.15, 0.2) is 0 Å². The van der Waals surface area contributed by atoms with E-state index >= 15 is 0 Å². The highest BCUT2D eigenvalue weighted by Crippen LogP contribution is 2.38. The number of aliphatic imine (C=N–C) groups is 1. The Bertz CT molecular complexity index is 1060. The van der Waals surface area contributed by atoms with Crippen LogP contribution in [0.1, 0.15) is 48.4 Å². The summed E-state index contributed by atoms with van der Waals surface area (Å²) in [4.78, 5) is 22.4. The van der Waals surface area contributed by atoms with Crippen molar-refractivity contribution in [3.05, 3.63) is 47.3 Å². The van der Waals surface area contributed by atoms with E-state index < -0.39 is 23.4 Å². The number of aliphatic hydroxyl groups is 1. The van der Waals surface area contributed by atoms with Crippen LogP contribution in [0.3, 0.4) is 0 Å². The predicted molar refractivity (Wildman–Crippen MR) is 123 cm³/mol. The van der Waals surface area contributed by atoms with Crippen LogP contribution in [0, 0.1) is 5.92 Å². The van der Waals surface area contributed by atoms with E-state index in [9.17, 15) is 23.1 Å². The first kappa shape index (κ1) is 24.5.